The van der Waals surface area contributed by atoms with Crippen molar-refractivity contribution in [3.8, 4) is 5.75 Å². The standard InChI is InChI=1S/C22H28N2O6S/c1-14(2)24(5)31(27,28)18-9-7-8-17(13-18)22(26)30-16(4)21(25)23-19-12-15(3)10-11-20(19)29-6/h7-14,16H,1-6H3,(H,23,25). The topological polar surface area (TPSA) is 102 Å². The molecule has 0 saturated carbocycles. The number of esters is 1. The lowest BCUT2D eigenvalue weighted by Crippen LogP contribution is -2.33. The molecule has 1 N–H and O–H groups in total. The van der Waals surface area contributed by atoms with Crippen LogP contribution in [0.1, 0.15) is 36.7 Å². The van der Waals surface area contributed by atoms with Gasteiger partial charge in [0.05, 0.1) is 23.3 Å². The van der Waals surface area contributed by atoms with Crippen molar-refractivity contribution in [2.75, 3.05) is 19.5 Å². The van der Waals surface area contributed by atoms with Crippen molar-refractivity contribution in [1.82, 2.24) is 4.31 Å². The molecule has 0 heterocycles. The summed E-state index contributed by atoms with van der Waals surface area (Å²) in [5, 5.41) is 2.68. The van der Waals surface area contributed by atoms with Crippen LogP contribution in [0.3, 0.4) is 0 Å². The van der Waals surface area contributed by atoms with Crippen LogP contribution in [0, 0.1) is 6.92 Å². The molecule has 0 aliphatic heterocycles. The summed E-state index contributed by atoms with van der Waals surface area (Å²) in [6.07, 6.45) is -1.11. The molecular weight excluding hydrogens is 420 g/mol. The smallest absolute Gasteiger partial charge is 0.338 e. The average molecular weight is 449 g/mol. The van der Waals surface area contributed by atoms with Gasteiger partial charge in [-0.3, -0.25) is 4.79 Å². The van der Waals surface area contributed by atoms with Gasteiger partial charge in [0.25, 0.3) is 5.91 Å². The quantitative estimate of drug-likeness (QED) is 0.622. The highest BCUT2D eigenvalue weighted by molar-refractivity contribution is 7.89. The van der Waals surface area contributed by atoms with Crippen molar-refractivity contribution in [2.24, 2.45) is 0 Å². The van der Waals surface area contributed by atoms with E-state index in [0.29, 0.717) is 11.4 Å². The van der Waals surface area contributed by atoms with E-state index in [1.807, 2.05) is 13.0 Å². The Kier molecular flexibility index (Phi) is 7.80. The summed E-state index contributed by atoms with van der Waals surface area (Å²) < 4.78 is 37.0. The molecule has 0 aliphatic carbocycles. The maximum absolute atomic E-state index is 12.7. The number of anilines is 1. The minimum atomic E-state index is -3.76. The number of hydrogen-bond donors (Lipinski definition) is 1. The highest BCUT2D eigenvalue weighted by Gasteiger charge is 2.25. The SMILES string of the molecule is COc1ccc(C)cc1NC(=O)C(C)OC(=O)c1cccc(S(=O)(=O)N(C)C(C)C)c1. The van der Waals surface area contributed by atoms with E-state index >= 15 is 0 Å². The molecule has 0 radical (unpaired) electrons. The summed E-state index contributed by atoms with van der Waals surface area (Å²) >= 11 is 0. The fourth-order valence-corrected chi connectivity index (χ4v) is 4.08. The minimum absolute atomic E-state index is 0.0280. The normalized spacial score (nSPS) is 12.5. The molecule has 1 unspecified atom stereocenters. The highest BCUT2D eigenvalue weighted by Crippen LogP contribution is 2.25. The highest BCUT2D eigenvalue weighted by atomic mass is 32.2. The van der Waals surface area contributed by atoms with Crippen LogP contribution < -0.4 is 10.1 Å². The van der Waals surface area contributed by atoms with Crippen molar-refractivity contribution in [2.45, 2.75) is 44.7 Å². The van der Waals surface area contributed by atoms with Gasteiger partial charge in [-0.1, -0.05) is 12.1 Å². The van der Waals surface area contributed by atoms with Crippen LogP contribution >= 0.6 is 0 Å². The fraction of sp³-hybridized carbons (Fsp3) is 0.364. The van der Waals surface area contributed by atoms with Crippen molar-refractivity contribution >= 4 is 27.6 Å². The Morgan fingerprint density at radius 2 is 1.74 bits per heavy atom. The second-order valence-electron chi connectivity index (χ2n) is 7.38. The van der Waals surface area contributed by atoms with E-state index in [2.05, 4.69) is 5.32 Å². The summed E-state index contributed by atoms with van der Waals surface area (Å²) in [6, 6.07) is 10.6. The lowest BCUT2D eigenvalue weighted by atomic mass is 10.2. The molecule has 2 aromatic rings. The third-order valence-corrected chi connectivity index (χ3v) is 6.77. The van der Waals surface area contributed by atoms with Gasteiger partial charge < -0.3 is 14.8 Å². The van der Waals surface area contributed by atoms with Gasteiger partial charge in [-0.05, 0) is 63.6 Å². The van der Waals surface area contributed by atoms with Crippen LogP contribution in [0.2, 0.25) is 0 Å². The van der Waals surface area contributed by atoms with Crippen LogP contribution in [0.15, 0.2) is 47.4 Å². The van der Waals surface area contributed by atoms with Crippen LogP contribution in [-0.4, -0.2) is 50.9 Å². The number of nitrogens with zero attached hydrogens (tertiary/aromatic N) is 1. The zero-order valence-electron chi connectivity index (χ0n) is 18.5. The van der Waals surface area contributed by atoms with Gasteiger partial charge >= 0.3 is 5.97 Å². The number of sulfonamides is 1. The lowest BCUT2D eigenvalue weighted by molar-refractivity contribution is -0.123. The Bertz CT molecular complexity index is 1070. The number of hydrogen-bond acceptors (Lipinski definition) is 6. The first-order valence-corrected chi connectivity index (χ1v) is 11.2. The average Bonchev–Trinajstić information content (AvgIpc) is 2.73. The van der Waals surface area contributed by atoms with Crippen molar-refractivity contribution in [3.05, 3.63) is 53.6 Å². The first kappa shape index (κ1) is 24.4. The minimum Gasteiger partial charge on any atom is -0.495 e. The molecule has 2 aromatic carbocycles. The molecule has 168 valence electrons. The maximum atomic E-state index is 12.7. The number of nitrogens with one attached hydrogen (secondary N) is 1. The van der Waals surface area contributed by atoms with Crippen LogP contribution in [-0.2, 0) is 19.6 Å². The second kappa shape index (κ2) is 9.93. The van der Waals surface area contributed by atoms with E-state index < -0.39 is 28.0 Å². The molecule has 0 bridgehead atoms. The number of rotatable bonds is 8. The van der Waals surface area contributed by atoms with Gasteiger partial charge in [0.2, 0.25) is 10.0 Å². The van der Waals surface area contributed by atoms with Gasteiger partial charge in [0.15, 0.2) is 6.10 Å². The molecule has 0 aliphatic rings. The van der Waals surface area contributed by atoms with E-state index in [9.17, 15) is 18.0 Å². The Balaban J connectivity index is 2.15. The van der Waals surface area contributed by atoms with Gasteiger partial charge in [0, 0.05) is 13.1 Å². The first-order valence-electron chi connectivity index (χ1n) is 9.72. The zero-order valence-corrected chi connectivity index (χ0v) is 19.3. The summed E-state index contributed by atoms with van der Waals surface area (Å²) in [7, 11) is -0.802. The Morgan fingerprint density at radius 1 is 1.06 bits per heavy atom. The molecular formula is C22H28N2O6S. The number of carbonyl (C=O) groups excluding carboxylic acids is 2. The summed E-state index contributed by atoms with van der Waals surface area (Å²) in [5.41, 5.74) is 1.41. The maximum Gasteiger partial charge on any atom is 0.338 e. The van der Waals surface area contributed by atoms with Gasteiger partial charge in [-0.25, -0.2) is 13.2 Å². The van der Waals surface area contributed by atoms with E-state index in [1.165, 1.54) is 49.7 Å². The number of aryl methyl sites for hydroxylation is 1. The van der Waals surface area contributed by atoms with Crippen molar-refractivity contribution in [3.63, 3.8) is 0 Å². The van der Waals surface area contributed by atoms with E-state index in [-0.39, 0.29) is 16.5 Å². The molecule has 0 aromatic heterocycles. The lowest BCUT2D eigenvalue weighted by Gasteiger charge is -2.21. The summed E-state index contributed by atoms with van der Waals surface area (Å²) in [6.45, 7) is 6.80. The molecule has 9 heteroatoms. The fourth-order valence-electron chi connectivity index (χ4n) is 2.66. The van der Waals surface area contributed by atoms with Crippen LogP contribution in [0.25, 0.3) is 0 Å². The number of methoxy groups -OCH3 is 1. The third-order valence-electron chi connectivity index (χ3n) is 4.74. The van der Waals surface area contributed by atoms with Gasteiger partial charge in [0.1, 0.15) is 5.75 Å². The third kappa shape index (κ3) is 5.83. The number of amides is 1. The summed E-state index contributed by atoms with van der Waals surface area (Å²) in [5.74, 6) is -0.867. The number of benzene rings is 2. The number of ether oxygens (including phenoxy) is 2. The Morgan fingerprint density at radius 3 is 2.35 bits per heavy atom. The van der Waals surface area contributed by atoms with Crippen LogP contribution in [0.5, 0.6) is 5.75 Å². The van der Waals surface area contributed by atoms with E-state index in [4.69, 9.17) is 9.47 Å². The zero-order chi connectivity index (χ0) is 23.3. The monoisotopic (exact) mass is 448 g/mol. The van der Waals surface area contributed by atoms with E-state index in [0.717, 1.165) is 5.56 Å². The van der Waals surface area contributed by atoms with Crippen molar-refractivity contribution < 1.29 is 27.5 Å². The first-order chi connectivity index (χ1) is 14.5. The van der Waals surface area contributed by atoms with Crippen molar-refractivity contribution in [1.29, 1.82) is 0 Å². The van der Waals surface area contributed by atoms with E-state index in [1.54, 1.807) is 26.0 Å². The predicted molar refractivity (Wildman–Crippen MR) is 118 cm³/mol. The molecule has 0 fully saturated rings. The Hall–Kier alpha value is -2.91. The molecule has 31 heavy (non-hydrogen) atoms. The van der Waals surface area contributed by atoms with Crippen LogP contribution in [0.4, 0.5) is 5.69 Å². The molecule has 1 atom stereocenters. The predicted octanol–water partition coefficient (Wildman–Crippen LogP) is 3.22. The molecule has 2 rings (SSSR count). The van der Waals surface area contributed by atoms with Gasteiger partial charge in [-0.2, -0.15) is 4.31 Å². The largest absolute Gasteiger partial charge is 0.495 e. The Labute approximate surface area is 183 Å². The summed E-state index contributed by atoms with van der Waals surface area (Å²) in [4.78, 5) is 25.0. The molecule has 0 spiro atoms. The van der Waals surface area contributed by atoms with Gasteiger partial charge in [-0.15, -0.1) is 0 Å². The number of carbonyl (C=O) groups is 2. The second-order valence-corrected chi connectivity index (χ2v) is 9.38. The molecule has 0 saturated heterocycles. The molecule has 8 nitrogen and oxygen atoms in total. The molecule has 1 amide bonds.